The molecule has 1 heterocycles. The first-order valence-electron chi connectivity index (χ1n) is 7.68. The largest absolute Gasteiger partial charge is 0.361 e. The number of guanidine groups is 1. The Morgan fingerprint density at radius 3 is 2.82 bits per heavy atom. The Morgan fingerprint density at radius 1 is 1.36 bits per heavy atom. The molecular formula is C17H27IN4. The van der Waals surface area contributed by atoms with Gasteiger partial charge >= 0.3 is 0 Å². The zero-order chi connectivity index (χ0) is 15.2. The van der Waals surface area contributed by atoms with Gasteiger partial charge in [-0.05, 0) is 37.8 Å². The van der Waals surface area contributed by atoms with Crippen LogP contribution in [0.5, 0.6) is 0 Å². The summed E-state index contributed by atoms with van der Waals surface area (Å²) < 4.78 is 0. The van der Waals surface area contributed by atoms with E-state index in [0.29, 0.717) is 6.04 Å². The van der Waals surface area contributed by atoms with Crippen molar-refractivity contribution >= 4 is 40.8 Å². The lowest BCUT2D eigenvalue weighted by atomic mass is 10.1. The number of halogens is 1. The maximum atomic E-state index is 4.26. The second kappa shape index (κ2) is 9.02. The summed E-state index contributed by atoms with van der Waals surface area (Å²) in [7, 11) is 1.81. The molecule has 0 saturated carbocycles. The van der Waals surface area contributed by atoms with Crippen molar-refractivity contribution < 1.29 is 0 Å². The fourth-order valence-electron chi connectivity index (χ4n) is 2.42. The Hall–Kier alpha value is -1.24. The number of nitrogens with one attached hydrogen (secondary N) is 3. The Morgan fingerprint density at radius 2 is 2.14 bits per heavy atom. The van der Waals surface area contributed by atoms with Gasteiger partial charge in [-0.3, -0.25) is 4.99 Å². The minimum absolute atomic E-state index is 0. The van der Waals surface area contributed by atoms with Crippen molar-refractivity contribution in [2.45, 2.75) is 39.7 Å². The second-order valence-electron chi connectivity index (χ2n) is 5.51. The molecule has 0 aliphatic rings. The van der Waals surface area contributed by atoms with E-state index in [9.17, 15) is 0 Å². The molecule has 0 aliphatic carbocycles. The van der Waals surface area contributed by atoms with Crippen molar-refractivity contribution in [2.24, 2.45) is 4.99 Å². The molecule has 3 N–H and O–H groups in total. The number of hydrogen-bond acceptors (Lipinski definition) is 1. The van der Waals surface area contributed by atoms with E-state index in [-0.39, 0.29) is 24.0 Å². The summed E-state index contributed by atoms with van der Waals surface area (Å²) >= 11 is 0. The lowest BCUT2D eigenvalue weighted by Crippen LogP contribution is -2.42. The Labute approximate surface area is 150 Å². The number of nitrogens with zero attached hydrogens (tertiary/aromatic N) is 1. The van der Waals surface area contributed by atoms with Crippen LogP contribution in [0, 0.1) is 6.92 Å². The van der Waals surface area contributed by atoms with Gasteiger partial charge in [-0.2, -0.15) is 0 Å². The third-order valence-electron chi connectivity index (χ3n) is 3.92. The Balaban J connectivity index is 0.00000242. The number of para-hydroxylation sites is 1. The maximum Gasteiger partial charge on any atom is 0.191 e. The van der Waals surface area contributed by atoms with Crippen molar-refractivity contribution in [3.63, 3.8) is 0 Å². The van der Waals surface area contributed by atoms with Crippen molar-refractivity contribution in [3.05, 3.63) is 35.5 Å². The second-order valence-corrected chi connectivity index (χ2v) is 5.51. The molecule has 2 aromatic rings. The predicted molar refractivity (Wildman–Crippen MR) is 106 cm³/mol. The van der Waals surface area contributed by atoms with Crippen LogP contribution in [0.3, 0.4) is 0 Å². The third kappa shape index (κ3) is 4.63. The van der Waals surface area contributed by atoms with Gasteiger partial charge in [0.05, 0.1) is 0 Å². The van der Waals surface area contributed by atoms with Gasteiger partial charge in [0.2, 0.25) is 0 Å². The van der Waals surface area contributed by atoms with Gasteiger partial charge in [0, 0.05) is 36.7 Å². The molecule has 0 saturated heterocycles. The van der Waals surface area contributed by atoms with Crippen LogP contribution in [0.4, 0.5) is 0 Å². The number of aryl methyl sites for hydroxylation is 1. The lowest BCUT2D eigenvalue weighted by Gasteiger charge is -2.16. The maximum absolute atomic E-state index is 4.26. The van der Waals surface area contributed by atoms with E-state index in [2.05, 4.69) is 65.8 Å². The molecule has 1 unspecified atom stereocenters. The monoisotopic (exact) mass is 414 g/mol. The number of benzene rings is 1. The molecule has 4 nitrogen and oxygen atoms in total. The summed E-state index contributed by atoms with van der Waals surface area (Å²) in [5.74, 6) is 0.875. The van der Waals surface area contributed by atoms with Gasteiger partial charge in [-0.15, -0.1) is 24.0 Å². The van der Waals surface area contributed by atoms with Gasteiger partial charge in [0.1, 0.15) is 0 Å². The fourth-order valence-corrected chi connectivity index (χ4v) is 2.42. The van der Waals surface area contributed by atoms with Crippen molar-refractivity contribution in [1.82, 2.24) is 15.6 Å². The van der Waals surface area contributed by atoms with E-state index >= 15 is 0 Å². The highest BCUT2D eigenvalue weighted by Crippen LogP contribution is 2.21. The van der Waals surface area contributed by atoms with Crippen molar-refractivity contribution in [3.8, 4) is 0 Å². The first-order chi connectivity index (χ1) is 10.2. The summed E-state index contributed by atoms with van der Waals surface area (Å²) in [5, 5.41) is 8.07. The highest BCUT2D eigenvalue weighted by atomic mass is 127. The number of hydrogen-bond donors (Lipinski definition) is 3. The summed E-state index contributed by atoms with van der Waals surface area (Å²) in [5.41, 5.74) is 3.88. The first kappa shape index (κ1) is 18.8. The van der Waals surface area contributed by atoms with Crippen LogP contribution in [0.25, 0.3) is 10.9 Å². The first-order valence-corrected chi connectivity index (χ1v) is 7.68. The summed E-state index contributed by atoms with van der Waals surface area (Å²) in [4.78, 5) is 7.63. The molecule has 0 fully saturated rings. The Kier molecular flexibility index (Phi) is 7.72. The molecule has 22 heavy (non-hydrogen) atoms. The number of aliphatic imine (C=N–C) groups is 1. The van der Waals surface area contributed by atoms with Crippen LogP contribution < -0.4 is 10.6 Å². The van der Waals surface area contributed by atoms with E-state index in [1.807, 2.05) is 7.05 Å². The third-order valence-corrected chi connectivity index (χ3v) is 3.92. The molecule has 0 bridgehead atoms. The normalized spacial score (nSPS) is 12.8. The van der Waals surface area contributed by atoms with Gasteiger partial charge < -0.3 is 15.6 Å². The van der Waals surface area contributed by atoms with Gasteiger partial charge in [0.25, 0.3) is 0 Å². The standard InChI is InChI=1S/C17H26N4.HI/c1-5-13(3)21-17(18-4)19-10-9-14-11-20-16-12(2)7-6-8-15(14)16;/h6-8,11,13,20H,5,9-10H2,1-4H3,(H2,18,19,21);1H. The quantitative estimate of drug-likeness (QED) is 0.398. The average Bonchev–Trinajstić information content (AvgIpc) is 2.90. The molecule has 0 aliphatic heterocycles. The summed E-state index contributed by atoms with van der Waals surface area (Å²) in [6, 6.07) is 6.87. The number of H-pyrrole nitrogens is 1. The molecule has 0 amide bonds. The number of aromatic amines is 1. The topological polar surface area (TPSA) is 52.2 Å². The molecule has 1 aromatic carbocycles. The number of fused-ring (bicyclic) bond motifs is 1. The summed E-state index contributed by atoms with van der Waals surface area (Å²) in [6.45, 7) is 7.34. The molecule has 0 radical (unpaired) electrons. The minimum Gasteiger partial charge on any atom is -0.361 e. The molecular weight excluding hydrogens is 387 g/mol. The fraction of sp³-hybridized carbons (Fsp3) is 0.471. The molecule has 0 spiro atoms. The predicted octanol–water partition coefficient (Wildman–Crippen LogP) is 3.60. The van der Waals surface area contributed by atoms with Crippen LogP contribution in [0.2, 0.25) is 0 Å². The van der Waals surface area contributed by atoms with Gasteiger partial charge in [-0.1, -0.05) is 25.1 Å². The van der Waals surface area contributed by atoms with Gasteiger partial charge in [0.15, 0.2) is 5.96 Å². The molecule has 1 atom stereocenters. The van der Waals surface area contributed by atoms with E-state index in [1.165, 1.54) is 22.0 Å². The number of rotatable bonds is 5. The number of aromatic nitrogens is 1. The lowest BCUT2D eigenvalue weighted by molar-refractivity contribution is 0.624. The molecule has 122 valence electrons. The average molecular weight is 414 g/mol. The van der Waals surface area contributed by atoms with Crippen LogP contribution in [-0.4, -0.2) is 30.6 Å². The summed E-state index contributed by atoms with van der Waals surface area (Å²) in [6.07, 6.45) is 4.18. The van der Waals surface area contributed by atoms with Crippen molar-refractivity contribution in [2.75, 3.05) is 13.6 Å². The van der Waals surface area contributed by atoms with Gasteiger partial charge in [-0.25, -0.2) is 0 Å². The smallest absolute Gasteiger partial charge is 0.191 e. The van der Waals surface area contributed by atoms with E-state index in [1.54, 1.807) is 0 Å². The van der Waals surface area contributed by atoms with Crippen LogP contribution >= 0.6 is 24.0 Å². The van der Waals surface area contributed by atoms with Crippen molar-refractivity contribution in [1.29, 1.82) is 0 Å². The Bertz CT molecular complexity index is 618. The minimum atomic E-state index is 0. The molecule has 5 heteroatoms. The molecule has 1 aromatic heterocycles. The van der Waals surface area contributed by atoms with Crippen LogP contribution in [0.15, 0.2) is 29.4 Å². The van der Waals surface area contributed by atoms with E-state index < -0.39 is 0 Å². The highest BCUT2D eigenvalue weighted by molar-refractivity contribution is 14.0. The van der Waals surface area contributed by atoms with Crippen LogP contribution in [0.1, 0.15) is 31.4 Å². The zero-order valence-electron chi connectivity index (χ0n) is 13.9. The van der Waals surface area contributed by atoms with E-state index in [4.69, 9.17) is 0 Å². The molecule has 2 rings (SSSR count). The highest BCUT2D eigenvalue weighted by Gasteiger charge is 2.06. The van der Waals surface area contributed by atoms with Crippen LogP contribution in [-0.2, 0) is 6.42 Å². The SMILES string of the molecule is CCC(C)NC(=NC)NCCc1c[nH]c2c(C)cccc12.I. The van der Waals surface area contributed by atoms with E-state index in [0.717, 1.165) is 25.3 Å². The zero-order valence-corrected chi connectivity index (χ0v) is 16.2.